The Morgan fingerprint density at radius 2 is 1.65 bits per heavy atom. The Labute approximate surface area is 248 Å². The second kappa shape index (κ2) is 12.6. The van der Waals surface area contributed by atoms with Gasteiger partial charge < -0.3 is 14.8 Å². The number of nitrogens with one attached hydrogen (secondary N) is 2. The van der Waals surface area contributed by atoms with Crippen molar-refractivity contribution in [3.8, 4) is 11.5 Å². The second-order valence-electron chi connectivity index (χ2n) is 8.16. The standard InChI is InChI=1S/C27H19Cl4N3O6/c1-2-39-22-11-14(10-21(31)24(22)40-13-23(35)32-16-5-3-15(28)4-6-16)9-18-25(36)33-27(38)34(26(18)37)17-7-8-19(29)20(30)12-17/h3-12H,2,13H2,1H3,(H,32,35)(H,33,36,38)/b18-9+. The topological polar surface area (TPSA) is 114 Å². The predicted octanol–water partition coefficient (Wildman–Crippen LogP) is 6.38. The summed E-state index contributed by atoms with van der Waals surface area (Å²) in [7, 11) is 0. The highest BCUT2D eigenvalue weighted by Gasteiger charge is 2.37. The van der Waals surface area contributed by atoms with Gasteiger partial charge in [0.2, 0.25) is 0 Å². The van der Waals surface area contributed by atoms with Gasteiger partial charge in [0.15, 0.2) is 18.1 Å². The zero-order valence-corrected chi connectivity index (χ0v) is 23.6. The lowest BCUT2D eigenvalue weighted by molar-refractivity contribution is -0.122. The number of barbiturate groups is 1. The summed E-state index contributed by atoms with van der Waals surface area (Å²) in [6.07, 6.45) is 1.25. The number of benzene rings is 3. The van der Waals surface area contributed by atoms with Crippen LogP contribution < -0.4 is 25.0 Å². The summed E-state index contributed by atoms with van der Waals surface area (Å²) in [5.74, 6) is -1.99. The van der Waals surface area contributed by atoms with Gasteiger partial charge in [-0.1, -0.05) is 46.4 Å². The van der Waals surface area contributed by atoms with Crippen molar-refractivity contribution in [1.29, 1.82) is 0 Å². The van der Waals surface area contributed by atoms with Crippen molar-refractivity contribution in [2.75, 3.05) is 23.4 Å². The van der Waals surface area contributed by atoms with Crippen molar-refractivity contribution in [2.24, 2.45) is 0 Å². The van der Waals surface area contributed by atoms with E-state index < -0.39 is 23.8 Å². The van der Waals surface area contributed by atoms with Gasteiger partial charge in [0.1, 0.15) is 5.57 Å². The van der Waals surface area contributed by atoms with Gasteiger partial charge >= 0.3 is 6.03 Å². The van der Waals surface area contributed by atoms with E-state index in [1.807, 2.05) is 0 Å². The van der Waals surface area contributed by atoms with E-state index in [1.54, 1.807) is 31.2 Å². The van der Waals surface area contributed by atoms with Gasteiger partial charge in [0.05, 0.1) is 27.4 Å². The van der Waals surface area contributed by atoms with Crippen LogP contribution in [0.3, 0.4) is 0 Å². The van der Waals surface area contributed by atoms with E-state index in [4.69, 9.17) is 55.9 Å². The molecule has 0 spiro atoms. The first-order valence-corrected chi connectivity index (χ1v) is 13.1. The van der Waals surface area contributed by atoms with E-state index in [-0.39, 0.29) is 51.0 Å². The molecule has 1 saturated heterocycles. The molecule has 0 aliphatic carbocycles. The van der Waals surface area contributed by atoms with E-state index in [9.17, 15) is 19.2 Å². The van der Waals surface area contributed by atoms with Crippen molar-refractivity contribution < 1.29 is 28.7 Å². The molecule has 1 aliphatic heterocycles. The number of imide groups is 2. The fourth-order valence-corrected chi connectivity index (χ4v) is 4.32. The molecule has 3 aromatic carbocycles. The molecule has 2 N–H and O–H groups in total. The largest absolute Gasteiger partial charge is 0.490 e. The first-order chi connectivity index (χ1) is 19.1. The van der Waals surface area contributed by atoms with Crippen LogP contribution in [-0.2, 0) is 14.4 Å². The molecular formula is C27H19Cl4N3O6. The van der Waals surface area contributed by atoms with E-state index in [0.29, 0.717) is 16.3 Å². The molecule has 0 saturated carbocycles. The van der Waals surface area contributed by atoms with Crippen LogP contribution in [0.1, 0.15) is 12.5 Å². The number of carbonyl (C=O) groups is 4. The molecule has 4 rings (SSSR count). The molecule has 5 amide bonds. The number of nitrogens with zero attached hydrogens (tertiary/aromatic N) is 1. The molecule has 1 heterocycles. The van der Waals surface area contributed by atoms with Gasteiger partial charge in [-0.15, -0.1) is 0 Å². The Hall–Kier alpha value is -3.76. The van der Waals surface area contributed by atoms with Crippen LogP contribution in [0.15, 0.2) is 60.2 Å². The molecule has 3 aromatic rings. The number of halogens is 4. The molecule has 1 fully saturated rings. The summed E-state index contributed by atoms with van der Waals surface area (Å²) >= 11 is 24.3. The number of urea groups is 1. The molecule has 40 heavy (non-hydrogen) atoms. The summed E-state index contributed by atoms with van der Waals surface area (Å²) in [6, 6.07) is 12.7. The average molecular weight is 623 g/mol. The highest BCUT2D eigenvalue weighted by molar-refractivity contribution is 6.43. The summed E-state index contributed by atoms with van der Waals surface area (Å²) in [6.45, 7) is 1.57. The van der Waals surface area contributed by atoms with Crippen LogP contribution >= 0.6 is 46.4 Å². The summed E-state index contributed by atoms with van der Waals surface area (Å²) < 4.78 is 11.3. The maximum atomic E-state index is 13.2. The Balaban J connectivity index is 1.58. The zero-order chi connectivity index (χ0) is 29.0. The van der Waals surface area contributed by atoms with Gasteiger partial charge in [-0.25, -0.2) is 9.69 Å². The number of amides is 5. The third-order valence-corrected chi connectivity index (χ3v) is 6.65. The number of anilines is 2. The van der Waals surface area contributed by atoms with Crippen LogP contribution in [0, 0.1) is 0 Å². The SMILES string of the molecule is CCOc1cc(/C=C2\C(=O)NC(=O)N(c3ccc(Cl)c(Cl)c3)C2=O)cc(Cl)c1OCC(=O)Nc1ccc(Cl)cc1. The second-order valence-corrected chi connectivity index (χ2v) is 9.82. The fourth-order valence-electron chi connectivity index (χ4n) is 3.63. The van der Waals surface area contributed by atoms with Crippen LogP contribution in [-0.4, -0.2) is 37.0 Å². The van der Waals surface area contributed by atoms with Crippen LogP contribution in [0.5, 0.6) is 11.5 Å². The first kappa shape index (κ1) is 29.2. The van der Waals surface area contributed by atoms with Crippen LogP contribution in [0.2, 0.25) is 20.1 Å². The zero-order valence-electron chi connectivity index (χ0n) is 20.6. The summed E-state index contributed by atoms with van der Waals surface area (Å²) in [4.78, 5) is 51.4. The smallest absolute Gasteiger partial charge is 0.335 e. The van der Waals surface area contributed by atoms with E-state index in [2.05, 4.69) is 10.6 Å². The molecule has 0 bridgehead atoms. The molecule has 0 atom stereocenters. The highest BCUT2D eigenvalue weighted by atomic mass is 35.5. The van der Waals surface area contributed by atoms with Gasteiger partial charge in [-0.2, -0.15) is 0 Å². The minimum atomic E-state index is -0.945. The molecule has 9 nitrogen and oxygen atoms in total. The minimum absolute atomic E-state index is 0.0539. The fraction of sp³-hybridized carbons (Fsp3) is 0.111. The van der Waals surface area contributed by atoms with Crippen molar-refractivity contribution >= 4 is 87.6 Å². The molecule has 206 valence electrons. The normalized spacial score (nSPS) is 14.3. The lowest BCUT2D eigenvalue weighted by atomic mass is 10.1. The van der Waals surface area contributed by atoms with E-state index in [1.165, 1.54) is 36.4 Å². The minimum Gasteiger partial charge on any atom is -0.490 e. The molecule has 0 unspecified atom stereocenters. The van der Waals surface area contributed by atoms with Crippen molar-refractivity contribution in [1.82, 2.24) is 5.32 Å². The predicted molar refractivity (Wildman–Crippen MR) is 154 cm³/mol. The number of hydrogen-bond donors (Lipinski definition) is 2. The monoisotopic (exact) mass is 621 g/mol. The third-order valence-electron chi connectivity index (χ3n) is 5.38. The maximum Gasteiger partial charge on any atom is 0.335 e. The number of rotatable bonds is 8. The Morgan fingerprint density at radius 1 is 0.925 bits per heavy atom. The van der Waals surface area contributed by atoms with Gasteiger partial charge in [-0.05, 0) is 73.2 Å². The lowest BCUT2D eigenvalue weighted by Gasteiger charge is -2.26. The Bertz CT molecular complexity index is 1540. The highest BCUT2D eigenvalue weighted by Crippen LogP contribution is 2.38. The van der Waals surface area contributed by atoms with Gasteiger partial charge in [0, 0.05) is 10.7 Å². The third kappa shape index (κ3) is 6.68. The molecule has 13 heteroatoms. The Kier molecular flexibility index (Phi) is 9.21. The maximum absolute atomic E-state index is 13.2. The molecule has 1 aliphatic rings. The van der Waals surface area contributed by atoms with Gasteiger partial charge in [0.25, 0.3) is 17.7 Å². The van der Waals surface area contributed by atoms with Crippen LogP contribution in [0.25, 0.3) is 6.08 Å². The van der Waals surface area contributed by atoms with E-state index in [0.717, 1.165) is 4.90 Å². The van der Waals surface area contributed by atoms with Crippen LogP contribution in [0.4, 0.5) is 16.2 Å². The molecular weight excluding hydrogens is 604 g/mol. The summed E-state index contributed by atoms with van der Waals surface area (Å²) in [5.41, 5.74) is 0.595. The van der Waals surface area contributed by atoms with Gasteiger partial charge in [-0.3, -0.25) is 19.7 Å². The van der Waals surface area contributed by atoms with Crippen molar-refractivity contribution in [3.63, 3.8) is 0 Å². The number of ether oxygens (including phenoxy) is 2. The lowest BCUT2D eigenvalue weighted by Crippen LogP contribution is -2.54. The summed E-state index contributed by atoms with van der Waals surface area (Å²) in [5, 5.41) is 5.72. The number of carbonyl (C=O) groups excluding carboxylic acids is 4. The number of hydrogen-bond acceptors (Lipinski definition) is 6. The van der Waals surface area contributed by atoms with Crippen molar-refractivity contribution in [2.45, 2.75) is 6.92 Å². The quantitative estimate of drug-likeness (QED) is 0.222. The first-order valence-electron chi connectivity index (χ1n) is 11.6. The van der Waals surface area contributed by atoms with E-state index >= 15 is 0 Å². The Morgan fingerprint density at radius 3 is 2.33 bits per heavy atom. The molecule has 0 radical (unpaired) electrons. The molecule has 0 aromatic heterocycles. The average Bonchev–Trinajstić information content (AvgIpc) is 2.89. The van der Waals surface area contributed by atoms with Crippen molar-refractivity contribution in [3.05, 3.63) is 85.8 Å².